The van der Waals surface area contributed by atoms with Crippen molar-refractivity contribution < 1.29 is 23.1 Å². The van der Waals surface area contributed by atoms with Gasteiger partial charge in [0.25, 0.3) is 0 Å². The quantitative estimate of drug-likeness (QED) is 0.931. The van der Waals surface area contributed by atoms with Crippen LogP contribution in [0.25, 0.3) is 0 Å². The Morgan fingerprint density at radius 3 is 2.68 bits per heavy atom. The summed E-state index contributed by atoms with van der Waals surface area (Å²) in [4.78, 5) is 13.8. The van der Waals surface area contributed by atoms with Crippen LogP contribution in [-0.2, 0) is 11.0 Å². The van der Waals surface area contributed by atoms with Crippen molar-refractivity contribution in [1.29, 1.82) is 0 Å². The van der Waals surface area contributed by atoms with Gasteiger partial charge in [-0.2, -0.15) is 13.2 Å². The molecule has 1 heterocycles. The summed E-state index contributed by atoms with van der Waals surface area (Å²) in [6.45, 7) is 0.201. The standard InChI is InChI=1S/C16H18F3NO2/c17-16(18,19)12-3-1-2-11(7-12)14-8-13(21)9-20(14)15(22)6-10-4-5-10/h1-3,7,10,13-14,21H,4-6,8-9H2/t13-,14+/m1/s1. The van der Waals surface area contributed by atoms with Crippen LogP contribution in [0.5, 0.6) is 0 Å². The second kappa shape index (κ2) is 5.57. The number of likely N-dealkylation sites (tertiary alicyclic amines) is 1. The van der Waals surface area contributed by atoms with Crippen LogP contribution in [0.3, 0.4) is 0 Å². The smallest absolute Gasteiger partial charge is 0.391 e. The minimum Gasteiger partial charge on any atom is -0.391 e. The van der Waals surface area contributed by atoms with Crippen molar-refractivity contribution in [2.45, 2.75) is 44.0 Å². The molecule has 3 nitrogen and oxygen atoms in total. The predicted octanol–water partition coefficient (Wildman–Crippen LogP) is 3.14. The van der Waals surface area contributed by atoms with E-state index in [4.69, 9.17) is 0 Å². The lowest BCUT2D eigenvalue weighted by molar-refractivity contribution is -0.137. The molecule has 1 aromatic carbocycles. The Labute approximate surface area is 126 Å². The van der Waals surface area contributed by atoms with E-state index < -0.39 is 23.9 Å². The third kappa shape index (κ3) is 3.27. The van der Waals surface area contributed by atoms with Gasteiger partial charge in [0.2, 0.25) is 5.91 Å². The highest BCUT2D eigenvalue weighted by Gasteiger charge is 2.38. The van der Waals surface area contributed by atoms with Crippen LogP contribution in [-0.4, -0.2) is 28.6 Å². The first-order chi connectivity index (χ1) is 10.3. The third-order valence-corrected chi connectivity index (χ3v) is 4.36. The van der Waals surface area contributed by atoms with E-state index in [0.29, 0.717) is 17.9 Å². The molecule has 1 aromatic rings. The minimum absolute atomic E-state index is 0.0681. The van der Waals surface area contributed by atoms with Crippen LogP contribution in [0.1, 0.15) is 42.9 Å². The highest BCUT2D eigenvalue weighted by atomic mass is 19.4. The molecule has 0 unspecified atom stereocenters. The lowest BCUT2D eigenvalue weighted by Gasteiger charge is -2.25. The topological polar surface area (TPSA) is 40.5 Å². The lowest BCUT2D eigenvalue weighted by Crippen LogP contribution is -2.32. The first-order valence-electron chi connectivity index (χ1n) is 7.49. The Kier molecular flexibility index (Phi) is 3.89. The maximum Gasteiger partial charge on any atom is 0.416 e. The van der Waals surface area contributed by atoms with Gasteiger partial charge in [0.05, 0.1) is 17.7 Å². The number of hydrogen-bond donors (Lipinski definition) is 1. The molecule has 1 aliphatic carbocycles. The molecule has 3 rings (SSSR count). The van der Waals surface area contributed by atoms with Gasteiger partial charge in [0.1, 0.15) is 0 Å². The number of amides is 1. The SMILES string of the molecule is O=C(CC1CC1)N1C[C@H](O)C[C@H]1c1cccc(C(F)(F)F)c1. The van der Waals surface area contributed by atoms with Crippen molar-refractivity contribution >= 4 is 5.91 Å². The summed E-state index contributed by atoms with van der Waals surface area (Å²) in [6, 6.07) is 4.58. The zero-order valence-electron chi connectivity index (χ0n) is 12.0. The highest BCUT2D eigenvalue weighted by molar-refractivity contribution is 5.77. The van der Waals surface area contributed by atoms with Gasteiger partial charge in [-0.05, 0) is 42.9 Å². The number of carbonyl (C=O) groups is 1. The van der Waals surface area contributed by atoms with Gasteiger partial charge in [-0.25, -0.2) is 0 Å². The summed E-state index contributed by atoms with van der Waals surface area (Å²) in [5.41, 5.74) is -0.281. The molecule has 1 aliphatic heterocycles. The van der Waals surface area contributed by atoms with Crippen molar-refractivity contribution in [3.05, 3.63) is 35.4 Å². The molecule has 0 bridgehead atoms. The Bertz CT molecular complexity index is 569. The van der Waals surface area contributed by atoms with Gasteiger partial charge in [-0.15, -0.1) is 0 Å². The predicted molar refractivity (Wildman–Crippen MR) is 73.9 cm³/mol. The molecule has 0 aromatic heterocycles. The van der Waals surface area contributed by atoms with Crippen molar-refractivity contribution in [3.63, 3.8) is 0 Å². The molecular formula is C16H18F3NO2. The molecule has 0 spiro atoms. The normalized spacial score (nSPS) is 25.5. The first kappa shape index (κ1) is 15.3. The first-order valence-corrected chi connectivity index (χ1v) is 7.49. The van der Waals surface area contributed by atoms with E-state index >= 15 is 0 Å². The average molecular weight is 313 g/mol. The van der Waals surface area contributed by atoms with Gasteiger partial charge in [0.15, 0.2) is 0 Å². The second-order valence-electron chi connectivity index (χ2n) is 6.22. The molecule has 1 saturated heterocycles. The summed E-state index contributed by atoms with van der Waals surface area (Å²) in [6.07, 6.45) is -2.29. The number of hydrogen-bond acceptors (Lipinski definition) is 2. The van der Waals surface area contributed by atoms with Gasteiger partial charge >= 0.3 is 6.18 Å². The largest absolute Gasteiger partial charge is 0.416 e. The molecule has 2 aliphatic rings. The van der Waals surface area contributed by atoms with E-state index in [9.17, 15) is 23.1 Å². The average Bonchev–Trinajstić information content (AvgIpc) is 3.17. The van der Waals surface area contributed by atoms with E-state index in [1.807, 2.05) is 0 Å². The number of aliphatic hydroxyl groups excluding tert-OH is 1. The van der Waals surface area contributed by atoms with Crippen molar-refractivity contribution in [1.82, 2.24) is 4.90 Å². The maximum absolute atomic E-state index is 12.8. The van der Waals surface area contributed by atoms with E-state index in [1.165, 1.54) is 6.07 Å². The Hall–Kier alpha value is -1.56. The summed E-state index contributed by atoms with van der Waals surface area (Å²) in [5, 5.41) is 9.84. The van der Waals surface area contributed by atoms with Crippen LogP contribution in [0, 0.1) is 5.92 Å². The fraction of sp³-hybridized carbons (Fsp3) is 0.562. The molecule has 1 saturated carbocycles. The molecule has 6 heteroatoms. The number of aliphatic hydroxyl groups is 1. The van der Waals surface area contributed by atoms with Crippen LogP contribution < -0.4 is 0 Å². The maximum atomic E-state index is 12.8. The molecule has 120 valence electrons. The van der Waals surface area contributed by atoms with E-state index in [0.717, 1.165) is 25.0 Å². The number of β-amino-alcohol motifs (C(OH)–C–C–N with tert-alkyl or cyclic N) is 1. The van der Waals surface area contributed by atoms with Gasteiger partial charge < -0.3 is 10.0 Å². The molecule has 2 atom stereocenters. The third-order valence-electron chi connectivity index (χ3n) is 4.36. The Morgan fingerprint density at radius 1 is 1.32 bits per heavy atom. The van der Waals surface area contributed by atoms with Crippen LogP contribution in [0.15, 0.2) is 24.3 Å². The van der Waals surface area contributed by atoms with Crippen molar-refractivity contribution in [2.75, 3.05) is 6.54 Å². The second-order valence-corrected chi connectivity index (χ2v) is 6.22. The van der Waals surface area contributed by atoms with Gasteiger partial charge in [-0.1, -0.05) is 12.1 Å². The summed E-state index contributed by atoms with van der Waals surface area (Å²) < 4.78 is 38.5. The summed E-state index contributed by atoms with van der Waals surface area (Å²) in [7, 11) is 0. The number of benzene rings is 1. The number of nitrogens with zero attached hydrogens (tertiary/aromatic N) is 1. The fourth-order valence-electron chi connectivity index (χ4n) is 3.01. The van der Waals surface area contributed by atoms with Crippen LogP contribution >= 0.6 is 0 Å². The molecular weight excluding hydrogens is 295 g/mol. The van der Waals surface area contributed by atoms with E-state index in [2.05, 4.69) is 0 Å². The number of alkyl halides is 3. The van der Waals surface area contributed by atoms with Gasteiger partial charge in [-0.3, -0.25) is 4.79 Å². The fourth-order valence-corrected chi connectivity index (χ4v) is 3.01. The molecule has 2 fully saturated rings. The van der Waals surface area contributed by atoms with Gasteiger partial charge in [0, 0.05) is 13.0 Å². The van der Waals surface area contributed by atoms with Crippen LogP contribution in [0.2, 0.25) is 0 Å². The molecule has 1 amide bonds. The zero-order valence-corrected chi connectivity index (χ0v) is 12.0. The van der Waals surface area contributed by atoms with E-state index in [-0.39, 0.29) is 18.9 Å². The number of rotatable bonds is 3. The van der Waals surface area contributed by atoms with Crippen LogP contribution in [0.4, 0.5) is 13.2 Å². The minimum atomic E-state index is -4.41. The molecule has 0 radical (unpaired) electrons. The van der Waals surface area contributed by atoms with Crippen molar-refractivity contribution in [2.24, 2.45) is 5.92 Å². The molecule has 22 heavy (non-hydrogen) atoms. The summed E-state index contributed by atoms with van der Waals surface area (Å²) in [5.74, 6) is 0.342. The highest BCUT2D eigenvalue weighted by Crippen LogP contribution is 2.39. The number of halogens is 3. The Balaban J connectivity index is 1.83. The Morgan fingerprint density at radius 2 is 2.05 bits per heavy atom. The lowest BCUT2D eigenvalue weighted by atomic mass is 10.0. The number of carbonyl (C=O) groups excluding carboxylic acids is 1. The summed E-state index contributed by atoms with van der Waals surface area (Å²) >= 11 is 0. The zero-order chi connectivity index (χ0) is 15.9. The van der Waals surface area contributed by atoms with E-state index in [1.54, 1.807) is 11.0 Å². The monoisotopic (exact) mass is 313 g/mol. The van der Waals surface area contributed by atoms with Crippen molar-refractivity contribution in [3.8, 4) is 0 Å². The molecule has 1 N–H and O–H groups in total.